The Balaban J connectivity index is 1.50. The average molecular weight is 416 g/mol. The van der Waals surface area contributed by atoms with E-state index in [1.54, 1.807) is 12.1 Å². The van der Waals surface area contributed by atoms with Crippen LogP contribution in [0.25, 0.3) is 11.1 Å². The highest BCUT2D eigenvalue weighted by atomic mass is 35.5. The van der Waals surface area contributed by atoms with Crippen molar-refractivity contribution in [3.8, 4) is 16.9 Å². The van der Waals surface area contributed by atoms with E-state index in [1.165, 1.54) is 6.42 Å². The Kier molecular flexibility index (Phi) is 7.53. The molecule has 3 rings (SSSR count). The minimum absolute atomic E-state index is 0.217. The second-order valence-corrected chi connectivity index (χ2v) is 7.96. The van der Waals surface area contributed by atoms with Crippen molar-refractivity contribution in [2.24, 2.45) is 5.92 Å². The summed E-state index contributed by atoms with van der Waals surface area (Å²) in [6, 6.07) is 14.0. The molecule has 2 aromatic carbocycles. The summed E-state index contributed by atoms with van der Waals surface area (Å²) in [5.41, 5.74) is 1.98. The minimum atomic E-state index is -0.991. The normalized spacial score (nSPS) is 15.5. The molecule has 1 fully saturated rings. The Bertz CT molecular complexity index is 831. The summed E-state index contributed by atoms with van der Waals surface area (Å²) in [4.78, 5) is 23.7. The molecule has 1 atom stereocenters. The van der Waals surface area contributed by atoms with Crippen LogP contribution in [0.15, 0.2) is 48.5 Å². The molecule has 0 aliphatic heterocycles. The molecule has 1 aliphatic carbocycles. The van der Waals surface area contributed by atoms with Crippen molar-refractivity contribution in [1.82, 2.24) is 5.32 Å². The molecule has 2 N–H and O–H groups in total. The lowest BCUT2D eigenvalue weighted by molar-refractivity contribution is -0.142. The molecular weight excluding hydrogens is 390 g/mol. The highest BCUT2D eigenvalue weighted by molar-refractivity contribution is 6.30. The van der Waals surface area contributed by atoms with Crippen molar-refractivity contribution in [2.75, 3.05) is 6.61 Å². The van der Waals surface area contributed by atoms with E-state index in [0.29, 0.717) is 23.1 Å². The van der Waals surface area contributed by atoms with E-state index in [9.17, 15) is 14.7 Å². The number of hydrogen-bond acceptors (Lipinski definition) is 3. The maximum absolute atomic E-state index is 12.2. The smallest absolute Gasteiger partial charge is 0.326 e. The molecule has 0 heterocycles. The average Bonchev–Trinajstić information content (AvgIpc) is 2.73. The van der Waals surface area contributed by atoms with E-state index in [2.05, 4.69) is 5.32 Å². The third kappa shape index (κ3) is 6.50. The number of carboxylic acid groups (broad SMARTS) is 1. The zero-order chi connectivity index (χ0) is 20.6. The Morgan fingerprint density at radius 2 is 1.79 bits per heavy atom. The highest BCUT2D eigenvalue weighted by Gasteiger charge is 2.25. The Labute approximate surface area is 176 Å². The molecule has 1 aliphatic rings. The van der Waals surface area contributed by atoms with E-state index in [1.807, 2.05) is 36.4 Å². The maximum atomic E-state index is 12.2. The van der Waals surface area contributed by atoms with Crippen LogP contribution < -0.4 is 10.1 Å². The number of rotatable bonds is 8. The largest absolute Gasteiger partial charge is 0.484 e. The van der Waals surface area contributed by atoms with Gasteiger partial charge < -0.3 is 15.2 Å². The van der Waals surface area contributed by atoms with Crippen LogP contribution in [0.5, 0.6) is 5.75 Å². The predicted molar refractivity (Wildman–Crippen MR) is 113 cm³/mol. The van der Waals surface area contributed by atoms with Crippen LogP contribution in [0.3, 0.4) is 0 Å². The summed E-state index contributed by atoms with van der Waals surface area (Å²) in [5.74, 6) is -0.503. The number of amides is 1. The molecule has 154 valence electrons. The molecule has 1 saturated carbocycles. The monoisotopic (exact) mass is 415 g/mol. The van der Waals surface area contributed by atoms with Crippen molar-refractivity contribution < 1.29 is 19.4 Å². The van der Waals surface area contributed by atoms with Crippen molar-refractivity contribution in [2.45, 2.75) is 44.6 Å². The van der Waals surface area contributed by atoms with Gasteiger partial charge in [0.25, 0.3) is 5.91 Å². The summed E-state index contributed by atoms with van der Waals surface area (Å²) >= 11 is 6.02. The van der Waals surface area contributed by atoms with Gasteiger partial charge in [0.2, 0.25) is 0 Å². The standard InChI is InChI=1S/C23H26ClNO4/c24-19-8-4-7-18(14-19)17-9-11-20(12-10-17)29-15-22(26)25-21(23(27)28)13-16-5-2-1-3-6-16/h4,7-12,14,16,21H,1-3,5-6,13,15H2,(H,25,26)(H,27,28)/t21-/m0/s1. The molecule has 29 heavy (non-hydrogen) atoms. The van der Waals surface area contributed by atoms with Gasteiger partial charge in [-0.1, -0.05) is 68.0 Å². The van der Waals surface area contributed by atoms with Gasteiger partial charge in [-0.3, -0.25) is 4.79 Å². The highest BCUT2D eigenvalue weighted by Crippen LogP contribution is 2.27. The SMILES string of the molecule is O=C(COc1ccc(-c2cccc(Cl)c2)cc1)N[C@@H](CC1CCCCC1)C(=O)O. The fourth-order valence-electron chi connectivity index (χ4n) is 3.77. The van der Waals surface area contributed by atoms with Crippen LogP contribution in [-0.2, 0) is 9.59 Å². The van der Waals surface area contributed by atoms with E-state index in [-0.39, 0.29) is 6.61 Å². The Hall–Kier alpha value is -2.53. The first-order valence-electron chi connectivity index (χ1n) is 10.0. The van der Waals surface area contributed by atoms with E-state index in [4.69, 9.17) is 16.3 Å². The van der Waals surface area contributed by atoms with Crippen LogP contribution in [0.4, 0.5) is 0 Å². The molecule has 0 unspecified atom stereocenters. The molecule has 6 heteroatoms. The zero-order valence-electron chi connectivity index (χ0n) is 16.3. The van der Waals surface area contributed by atoms with Crippen LogP contribution in [0.1, 0.15) is 38.5 Å². The minimum Gasteiger partial charge on any atom is -0.484 e. The summed E-state index contributed by atoms with van der Waals surface area (Å²) in [6.07, 6.45) is 6.04. The van der Waals surface area contributed by atoms with Crippen LogP contribution in [0, 0.1) is 5.92 Å². The van der Waals surface area contributed by atoms with Gasteiger partial charge in [-0.15, -0.1) is 0 Å². The van der Waals surface area contributed by atoms with Gasteiger partial charge in [0, 0.05) is 5.02 Å². The van der Waals surface area contributed by atoms with Gasteiger partial charge in [-0.25, -0.2) is 4.79 Å². The van der Waals surface area contributed by atoms with Gasteiger partial charge in [-0.2, -0.15) is 0 Å². The number of ether oxygens (including phenoxy) is 1. The molecule has 0 aromatic heterocycles. The third-order valence-electron chi connectivity index (χ3n) is 5.31. The Morgan fingerprint density at radius 1 is 1.07 bits per heavy atom. The summed E-state index contributed by atoms with van der Waals surface area (Å²) in [7, 11) is 0. The Morgan fingerprint density at radius 3 is 2.45 bits per heavy atom. The number of carboxylic acids is 1. The van der Waals surface area contributed by atoms with Crippen LogP contribution >= 0.6 is 11.6 Å². The quantitative estimate of drug-likeness (QED) is 0.641. The number of hydrogen-bond donors (Lipinski definition) is 2. The molecule has 2 aromatic rings. The first-order chi connectivity index (χ1) is 14.0. The van der Waals surface area contributed by atoms with Crippen LogP contribution in [-0.4, -0.2) is 29.6 Å². The fraction of sp³-hybridized carbons (Fsp3) is 0.391. The lowest BCUT2D eigenvalue weighted by atomic mass is 9.85. The van der Waals surface area contributed by atoms with Gasteiger partial charge in [-0.05, 0) is 47.7 Å². The summed E-state index contributed by atoms with van der Waals surface area (Å²) in [6.45, 7) is -0.217. The van der Waals surface area contributed by atoms with E-state index < -0.39 is 17.9 Å². The second kappa shape index (κ2) is 10.3. The van der Waals surface area contributed by atoms with Gasteiger partial charge in [0.15, 0.2) is 6.61 Å². The van der Waals surface area contributed by atoms with E-state index >= 15 is 0 Å². The molecule has 0 spiro atoms. The molecule has 0 saturated heterocycles. The predicted octanol–water partition coefficient (Wildman–Crippen LogP) is 4.93. The molecule has 0 radical (unpaired) electrons. The molecule has 5 nitrogen and oxygen atoms in total. The maximum Gasteiger partial charge on any atom is 0.326 e. The van der Waals surface area contributed by atoms with Crippen molar-refractivity contribution >= 4 is 23.5 Å². The number of carbonyl (C=O) groups is 2. The number of nitrogens with one attached hydrogen (secondary N) is 1. The topological polar surface area (TPSA) is 75.6 Å². The van der Waals surface area contributed by atoms with Crippen molar-refractivity contribution in [3.05, 3.63) is 53.6 Å². The molecular formula is C23H26ClNO4. The zero-order valence-corrected chi connectivity index (χ0v) is 17.0. The van der Waals surface area contributed by atoms with Gasteiger partial charge in [0.1, 0.15) is 11.8 Å². The lowest BCUT2D eigenvalue weighted by Crippen LogP contribution is -2.44. The van der Waals surface area contributed by atoms with E-state index in [0.717, 1.165) is 36.8 Å². The van der Waals surface area contributed by atoms with Gasteiger partial charge >= 0.3 is 5.97 Å². The summed E-state index contributed by atoms with van der Waals surface area (Å²) < 4.78 is 5.52. The number of carbonyl (C=O) groups excluding carboxylic acids is 1. The van der Waals surface area contributed by atoms with Crippen LogP contribution in [0.2, 0.25) is 5.02 Å². The first kappa shape index (κ1) is 21.2. The third-order valence-corrected chi connectivity index (χ3v) is 5.54. The van der Waals surface area contributed by atoms with Crippen molar-refractivity contribution in [3.63, 3.8) is 0 Å². The summed E-state index contributed by atoms with van der Waals surface area (Å²) in [5, 5.41) is 12.7. The second-order valence-electron chi connectivity index (χ2n) is 7.52. The first-order valence-corrected chi connectivity index (χ1v) is 10.4. The molecule has 0 bridgehead atoms. The molecule has 1 amide bonds. The number of benzene rings is 2. The number of aliphatic carboxylic acids is 1. The number of halogens is 1. The fourth-order valence-corrected chi connectivity index (χ4v) is 3.96. The van der Waals surface area contributed by atoms with Crippen molar-refractivity contribution in [1.29, 1.82) is 0 Å². The van der Waals surface area contributed by atoms with Gasteiger partial charge in [0.05, 0.1) is 0 Å². The lowest BCUT2D eigenvalue weighted by Gasteiger charge is -2.25.